The van der Waals surface area contributed by atoms with Crippen LogP contribution in [0, 0.1) is 14.1 Å². The predicted molar refractivity (Wildman–Crippen MR) is 158 cm³/mol. The molecule has 3 aromatic rings. The number of anilines is 1. The normalized spacial score (nSPS) is 14.9. The van der Waals surface area contributed by atoms with Crippen molar-refractivity contribution in [3.05, 3.63) is 93.0 Å². The molecule has 1 heterocycles. The quantitative estimate of drug-likeness (QED) is 0.167. The van der Waals surface area contributed by atoms with Crippen LogP contribution in [0.3, 0.4) is 0 Å². The van der Waals surface area contributed by atoms with Gasteiger partial charge in [-0.25, -0.2) is 9.69 Å². The summed E-state index contributed by atoms with van der Waals surface area (Å²) in [5.41, 5.74) is 2.25. The first-order valence-corrected chi connectivity index (χ1v) is 13.6. The number of carbonyl (C=O) groups is 3. The minimum Gasteiger partial charge on any atom is -0.487 e. The van der Waals surface area contributed by atoms with Crippen molar-refractivity contribution in [2.24, 2.45) is 0 Å². The molecule has 0 unspecified atom stereocenters. The van der Waals surface area contributed by atoms with Crippen LogP contribution in [-0.2, 0) is 16.2 Å². The van der Waals surface area contributed by atoms with Gasteiger partial charge < -0.3 is 4.74 Å². The van der Waals surface area contributed by atoms with E-state index in [0.29, 0.717) is 26.4 Å². The summed E-state index contributed by atoms with van der Waals surface area (Å²) in [6.07, 6.45) is 1.44. The maximum atomic E-state index is 13.2. The Morgan fingerprint density at radius 1 is 0.944 bits per heavy atom. The summed E-state index contributed by atoms with van der Waals surface area (Å²) in [6.45, 7) is 2.04. The topological polar surface area (TPSA) is 75.7 Å². The van der Waals surface area contributed by atoms with E-state index >= 15 is 0 Å². The van der Waals surface area contributed by atoms with Gasteiger partial charge in [0, 0.05) is 20.6 Å². The standard InChI is InChI=1S/C25H15Cl3I2N2O4/c1-12-2-5-16(10-18(12)27)32-24(34)17(23(33)31-25(32)35)6-13-7-20(29)22(21(30)8-13)36-11-14-3-4-15(26)9-19(14)28/h2-10H,11H2,1H3,(H,31,33,35)/b17-6-. The number of imide groups is 2. The van der Waals surface area contributed by atoms with E-state index in [0.717, 1.165) is 23.2 Å². The highest BCUT2D eigenvalue weighted by Crippen LogP contribution is 2.32. The van der Waals surface area contributed by atoms with E-state index in [1.165, 1.54) is 12.1 Å². The van der Waals surface area contributed by atoms with E-state index in [1.54, 1.807) is 49.4 Å². The third kappa shape index (κ3) is 5.83. The summed E-state index contributed by atoms with van der Waals surface area (Å²) in [6, 6.07) is 12.7. The first kappa shape index (κ1) is 27.2. The number of carbonyl (C=O) groups excluding carboxylic acids is 3. The van der Waals surface area contributed by atoms with Gasteiger partial charge in [-0.05, 0) is 106 Å². The molecule has 1 fully saturated rings. The van der Waals surface area contributed by atoms with E-state index in [2.05, 4.69) is 50.5 Å². The first-order valence-electron chi connectivity index (χ1n) is 10.3. The predicted octanol–water partition coefficient (Wildman–Crippen LogP) is 7.41. The van der Waals surface area contributed by atoms with Crippen LogP contribution in [-0.4, -0.2) is 17.8 Å². The third-order valence-corrected chi connectivity index (χ3v) is 7.83. The summed E-state index contributed by atoms with van der Waals surface area (Å²) in [5.74, 6) is -0.886. The van der Waals surface area contributed by atoms with Crippen molar-refractivity contribution in [3.63, 3.8) is 0 Å². The second kappa shape index (κ2) is 11.3. The molecule has 4 amide bonds. The third-order valence-electron chi connectivity index (χ3n) is 5.23. The molecular weight excluding hydrogens is 752 g/mol. The molecule has 1 aliphatic heterocycles. The molecule has 6 nitrogen and oxygen atoms in total. The fourth-order valence-corrected chi connectivity index (χ4v) is 6.13. The van der Waals surface area contributed by atoms with E-state index in [-0.39, 0.29) is 17.9 Å². The van der Waals surface area contributed by atoms with Crippen molar-refractivity contribution in [3.8, 4) is 5.75 Å². The van der Waals surface area contributed by atoms with Gasteiger partial charge in [0.05, 0.1) is 12.8 Å². The number of urea groups is 1. The molecule has 0 spiro atoms. The number of amides is 4. The van der Waals surface area contributed by atoms with Gasteiger partial charge in [0.2, 0.25) is 0 Å². The monoisotopic (exact) mass is 766 g/mol. The zero-order chi connectivity index (χ0) is 26.1. The number of nitrogens with zero attached hydrogens (tertiary/aromatic N) is 1. The number of hydrogen-bond acceptors (Lipinski definition) is 4. The largest absolute Gasteiger partial charge is 0.487 e. The molecule has 3 aromatic carbocycles. The molecule has 1 N–H and O–H groups in total. The highest BCUT2D eigenvalue weighted by Gasteiger charge is 2.37. The Morgan fingerprint density at radius 3 is 2.28 bits per heavy atom. The number of halogens is 5. The van der Waals surface area contributed by atoms with Crippen LogP contribution in [0.5, 0.6) is 5.75 Å². The van der Waals surface area contributed by atoms with Gasteiger partial charge >= 0.3 is 6.03 Å². The molecule has 0 bridgehead atoms. The molecule has 1 aliphatic rings. The molecule has 0 saturated carbocycles. The van der Waals surface area contributed by atoms with Crippen LogP contribution in [0.25, 0.3) is 6.08 Å². The van der Waals surface area contributed by atoms with Crippen LogP contribution in [0.4, 0.5) is 10.5 Å². The maximum Gasteiger partial charge on any atom is 0.335 e. The van der Waals surface area contributed by atoms with E-state index in [9.17, 15) is 14.4 Å². The van der Waals surface area contributed by atoms with Crippen molar-refractivity contribution in [2.75, 3.05) is 4.90 Å². The van der Waals surface area contributed by atoms with Crippen LogP contribution in [0.2, 0.25) is 15.1 Å². The molecule has 1 saturated heterocycles. The lowest BCUT2D eigenvalue weighted by atomic mass is 10.1. The smallest absolute Gasteiger partial charge is 0.335 e. The molecule has 184 valence electrons. The van der Waals surface area contributed by atoms with Crippen LogP contribution < -0.4 is 15.0 Å². The zero-order valence-electron chi connectivity index (χ0n) is 18.4. The van der Waals surface area contributed by atoms with Gasteiger partial charge in [-0.3, -0.25) is 14.9 Å². The van der Waals surface area contributed by atoms with Crippen LogP contribution in [0.1, 0.15) is 16.7 Å². The summed E-state index contributed by atoms with van der Waals surface area (Å²) >= 11 is 22.6. The number of ether oxygens (including phenoxy) is 1. The first-order chi connectivity index (χ1) is 17.0. The fraction of sp³-hybridized carbons (Fsp3) is 0.0800. The van der Waals surface area contributed by atoms with Crippen LogP contribution in [0.15, 0.2) is 54.1 Å². The molecule has 0 atom stereocenters. The second-order valence-corrected chi connectivity index (χ2v) is 11.3. The minimum absolute atomic E-state index is 0.181. The average molecular weight is 768 g/mol. The lowest BCUT2D eigenvalue weighted by molar-refractivity contribution is -0.122. The van der Waals surface area contributed by atoms with E-state index in [1.807, 2.05) is 0 Å². The Morgan fingerprint density at radius 2 is 1.64 bits per heavy atom. The summed E-state index contributed by atoms with van der Waals surface area (Å²) < 4.78 is 7.52. The summed E-state index contributed by atoms with van der Waals surface area (Å²) in [4.78, 5) is 39.1. The van der Waals surface area contributed by atoms with Gasteiger partial charge in [0.15, 0.2) is 0 Å². The van der Waals surface area contributed by atoms with E-state index < -0.39 is 17.8 Å². The molecule has 11 heteroatoms. The number of barbiturate groups is 1. The number of nitrogens with one attached hydrogen (secondary N) is 1. The van der Waals surface area contributed by atoms with Gasteiger partial charge in [-0.15, -0.1) is 0 Å². The molecule has 36 heavy (non-hydrogen) atoms. The Hall–Kier alpha value is -1.86. The van der Waals surface area contributed by atoms with Gasteiger partial charge in [-0.1, -0.05) is 46.9 Å². The van der Waals surface area contributed by atoms with Crippen LogP contribution >= 0.6 is 80.0 Å². The lowest BCUT2D eigenvalue weighted by Crippen LogP contribution is -2.54. The molecular formula is C25H15Cl3I2N2O4. The Balaban J connectivity index is 1.61. The minimum atomic E-state index is -0.837. The number of benzene rings is 3. The Labute approximate surface area is 249 Å². The molecule has 0 radical (unpaired) electrons. The number of aryl methyl sites for hydroxylation is 1. The number of hydrogen-bond donors (Lipinski definition) is 1. The summed E-state index contributed by atoms with van der Waals surface area (Å²) in [5, 5.41) is 3.66. The van der Waals surface area contributed by atoms with Crippen molar-refractivity contribution >= 4 is 110 Å². The van der Waals surface area contributed by atoms with Crippen molar-refractivity contribution in [1.29, 1.82) is 0 Å². The second-order valence-electron chi connectivity index (χ2n) is 7.73. The van der Waals surface area contributed by atoms with Crippen molar-refractivity contribution in [2.45, 2.75) is 13.5 Å². The van der Waals surface area contributed by atoms with Gasteiger partial charge in [0.1, 0.15) is 17.9 Å². The van der Waals surface area contributed by atoms with Gasteiger partial charge in [0.25, 0.3) is 11.8 Å². The summed E-state index contributed by atoms with van der Waals surface area (Å²) in [7, 11) is 0. The van der Waals surface area contributed by atoms with Crippen molar-refractivity contribution < 1.29 is 19.1 Å². The SMILES string of the molecule is Cc1ccc(N2C(=O)NC(=O)/C(=C/c3cc(I)c(OCc4ccc(Cl)cc4Cl)c(I)c3)C2=O)cc1Cl. The fourth-order valence-electron chi connectivity index (χ4n) is 3.37. The Bertz CT molecular complexity index is 1440. The van der Waals surface area contributed by atoms with Crippen molar-refractivity contribution in [1.82, 2.24) is 5.32 Å². The molecule has 0 aliphatic carbocycles. The maximum absolute atomic E-state index is 13.2. The Kier molecular flexibility index (Phi) is 8.50. The number of rotatable bonds is 5. The molecule has 0 aromatic heterocycles. The zero-order valence-corrected chi connectivity index (χ0v) is 25.0. The average Bonchev–Trinajstić information content (AvgIpc) is 2.79. The van der Waals surface area contributed by atoms with Gasteiger partial charge in [-0.2, -0.15) is 0 Å². The molecule has 4 rings (SSSR count). The highest BCUT2D eigenvalue weighted by atomic mass is 127. The van der Waals surface area contributed by atoms with E-state index in [4.69, 9.17) is 39.5 Å². The highest BCUT2D eigenvalue weighted by molar-refractivity contribution is 14.1. The lowest BCUT2D eigenvalue weighted by Gasteiger charge is -2.26.